The smallest absolute Gasteiger partial charge is 0.292 e. The van der Waals surface area contributed by atoms with Gasteiger partial charge >= 0.3 is 0 Å². The van der Waals surface area contributed by atoms with Crippen LogP contribution in [0.3, 0.4) is 0 Å². The molecule has 1 aliphatic rings. The first-order valence-corrected chi connectivity index (χ1v) is 7.93. The maximum Gasteiger partial charge on any atom is 0.292 e. The van der Waals surface area contributed by atoms with E-state index in [1.165, 1.54) is 6.07 Å². The number of amides is 1. The number of para-hydroxylation sites is 2. The summed E-state index contributed by atoms with van der Waals surface area (Å²) < 4.78 is 0. The van der Waals surface area contributed by atoms with Crippen LogP contribution in [-0.2, 0) is 4.79 Å². The summed E-state index contributed by atoms with van der Waals surface area (Å²) in [6.45, 7) is 8.54. The largest absolute Gasteiger partial charge is 0.363 e. The molecule has 0 aromatic heterocycles. The van der Waals surface area contributed by atoms with E-state index in [0.29, 0.717) is 31.9 Å². The number of nitrogens with zero attached hydrogens (tertiary/aromatic N) is 3. The van der Waals surface area contributed by atoms with Gasteiger partial charge in [-0.3, -0.25) is 19.8 Å². The van der Waals surface area contributed by atoms with Crippen molar-refractivity contribution < 1.29 is 9.72 Å². The topological polar surface area (TPSA) is 78.7 Å². The zero-order chi connectivity index (χ0) is 17.0. The van der Waals surface area contributed by atoms with E-state index >= 15 is 0 Å². The van der Waals surface area contributed by atoms with Gasteiger partial charge in [0.05, 0.1) is 11.0 Å². The van der Waals surface area contributed by atoms with Gasteiger partial charge in [-0.25, -0.2) is 0 Å². The van der Waals surface area contributed by atoms with Gasteiger partial charge in [0.25, 0.3) is 5.69 Å². The number of hydrogen-bond donors (Lipinski definition) is 1. The van der Waals surface area contributed by atoms with Crippen molar-refractivity contribution in [3.63, 3.8) is 0 Å². The van der Waals surface area contributed by atoms with Gasteiger partial charge < -0.3 is 10.2 Å². The summed E-state index contributed by atoms with van der Waals surface area (Å²) in [4.78, 5) is 27.0. The Kier molecular flexibility index (Phi) is 5.54. The molecule has 1 fully saturated rings. The Morgan fingerprint density at radius 3 is 2.35 bits per heavy atom. The summed E-state index contributed by atoms with van der Waals surface area (Å²) in [5.74, 6) is 0.0270. The quantitative estimate of drug-likeness (QED) is 0.659. The highest BCUT2D eigenvalue weighted by Crippen LogP contribution is 2.28. The van der Waals surface area contributed by atoms with Gasteiger partial charge in [0.2, 0.25) is 5.91 Å². The van der Waals surface area contributed by atoms with Crippen LogP contribution in [0.2, 0.25) is 0 Å². The van der Waals surface area contributed by atoms with Crippen LogP contribution in [0.15, 0.2) is 24.3 Å². The van der Waals surface area contributed by atoms with E-state index < -0.39 is 0 Å². The first-order chi connectivity index (χ1) is 10.9. The van der Waals surface area contributed by atoms with E-state index in [-0.39, 0.29) is 28.6 Å². The molecule has 2 rings (SSSR count). The van der Waals surface area contributed by atoms with Crippen LogP contribution in [0.1, 0.15) is 20.8 Å². The van der Waals surface area contributed by atoms with Crippen LogP contribution < -0.4 is 10.2 Å². The highest BCUT2D eigenvalue weighted by Gasteiger charge is 2.28. The predicted molar refractivity (Wildman–Crippen MR) is 89.6 cm³/mol. The molecule has 1 aromatic rings. The fourth-order valence-corrected chi connectivity index (χ4v) is 2.81. The third-order valence-electron chi connectivity index (χ3n) is 4.09. The maximum atomic E-state index is 12.1. The van der Waals surface area contributed by atoms with Crippen molar-refractivity contribution in [1.29, 1.82) is 0 Å². The van der Waals surface area contributed by atoms with Gasteiger partial charge in [0, 0.05) is 38.3 Å². The summed E-state index contributed by atoms with van der Waals surface area (Å²) >= 11 is 0. The molecule has 1 aromatic carbocycles. The molecule has 1 heterocycles. The summed E-state index contributed by atoms with van der Waals surface area (Å²) in [6.07, 6.45) is 0. The molecule has 1 N–H and O–H groups in total. The van der Waals surface area contributed by atoms with E-state index in [2.05, 4.69) is 10.2 Å². The number of nitro benzene ring substituents is 1. The lowest BCUT2D eigenvalue weighted by Crippen LogP contribution is -2.54. The van der Waals surface area contributed by atoms with Crippen molar-refractivity contribution in [2.75, 3.05) is 31.1 Å². The number of carbonyl (C=O) groups is 1. The molecule has 0 saturated carbocycles. The molecular weight excluding hydrogens is 296 g/mol. The number of piperazine rings is 1. The number of anilines is 1. The minimum absolute atomic E-state index is 0.0270. The van der Waals surface area contributed by atoms with Crippen molar-refractivity contribution >= 4 is 17.3 Å². The van der Waals surface area contributed by atoms with E-state index in [1.54, 1.807) is 12.1 Å². The van der Waals surface area contributed by atoms with Gasteiger partial charge in [-0.1, -0.05) is 12.1 Å². The standard InChI is InChI=1S/C16H24N4O3/c1-12(2)17-16(21)13(3)18-8-10-19(11-9-18)14-6-4-5-7-15(14)20(22)23/h4-7,12-13H,8-11H2,1-3H3,(H,17,21). The Morgan fingerprint density at radius 2 is 1.78 bits per heavy atom. The van der Waals surface area contributed by atoms with Crippen LogP contribution in [0.5, 0.6) is 0 Å². The van der Waals surface area contributed by atoms with Gasteiger partial charge in [-0.15, -0.1) is 0 Å². The summed E-state index contributed by atoms with van der Waals surface area (Å²) in [7, 11) is 0. The van der Waals surface area contributed by atoms with Crippen LogP contribution in [0.4, 0.5) is 11.4 Å². The van der Waals surface area contributed by atoms with Crippen LogP contribution in [0.25, 0.3) is 0 Å². The maximum absolute atomic E-state index is 12.1. The molecule has 0 aliphatic carbocycles. The molecule has 1 saturated heterocycles. The molecule has 1 aliphatic heterocycles. The van der Waals surface area contributed by atoms with E-state index in [0.717, 1.165) is 0 Å². The lowest BCUT2D eigenvalue weighted by atomic mass is 10.1. The van der Waals surface area contributed by atoms with E-state index in [9.17, 15) is 14.9 Å². The van der Waals surface area contributed by atoms with Crippen LogP contribution in [0, 0.1) is 10.1 Å². The predicted octanol–water partition coefficient (Wildman–Crippen LogP) is 1.63. The minimum Gasteiger partial charge on any atom is -0.363 e. The Hall–Kier alpha value is -2.15. The summed E-state index contributed by atoms with van der Waals surface area (Å²) in [5, 5.41) is 14.1. The molecule has 23 heavy (non-hydrogen) atoms. The highest BCUT2D eigenvalue weighted by atomic mass is 16.6. The third kappa shape index (κ3) is 4.19. The summed E-state index contributed by atoms with van der Waals surface area (Å²) in [6, 6.07) is 6.73. The average Bonchev–Trinajstić information content (AvgIpc) is 2.53. The average molecular weight is 320 g/mol. The monoisotopic (exact) mass is 320 g/mol. The molecule has 0 bridgehead atoms. The number of carbonyl (C=O) groups excluding carboxylic acids is 1. The second-order valence-corrected chi connectivity index (χ2v) is 6.11. The van der Waals surface area contributed by atoms with Gasteiger partial charge in [0.15, 0.2) is 0 Å². The molecular formula is C16H24N4O3. The zero-order valence-electron chi connectivity index (χ0n) is 13.9. The fraction of sp³-hybridized carbons (Fsp3) is 0.562. The van der Waals surface area contributed by atoms with E-state index in [4.69, 9.17) is 0 Å². The van der Waals surface area contributed by atoms with Crippen molar-refractivity contribution in [1.82, 2.24) is 10.2 Å². The first-order valence-electron chi connectivity index (χ1n) is 7.93. The molecule has 1 amide bonds. The number of hydrogen-bond acceptors (Lipinski definition) is 5. The number of rotatable bonds is 5. The fourth-order valence-electron chi connectivity index (χ4n) is 2.81. The highest BCUT2D eigenvalue weighted by molar-refractivity contribution is 5.81. The number of nitro groups is 1. The Bertz CT molecular complexity index is 568. The molecule has 0 spiro atoms. The molecule has 7 heteroatoms. The molecule has 126 valence electrons. The van der Waals surface area contributed by atoms with Crippen molar-refractivity contribution in [2.24, 2.45) is 0 Å². The van der Waals surface area contributed by atoms with Gasteiger partial charge in [0.1, 0.15) is 5.69 Å². The summed E-state index contributed by atoms with van der Waals surface area (Å²) in [5.41, 5.74) is 0.781. The van der Waals surface area contributed by atoms with Gasteiger partial charge in [-0.05, 0) is 26.8 Å². The molecule has 7 nitrogen and oxygen atoms in total. The second-order valence-electron chi connectivity index (χ2n) is 6.11. The SMILES string of the molecule is CC(C)NC(=O)C(C)N1CCN(c2ccccc2[N+](=O)[O-])CC1. The lowest BCUT2D eigenvalue weighted by molar-refractivity contribution is -0.384. The van der Waals surface area contributed by atoms with Crippen molar-refractivity contribution in [3.8, 4) is 0 Å². The minimum atomic E-state index is -0.347. The lowest BCUT2D eigenvalue weighted by Gasteiger charge is -2.38. The first kappa shape index (κ1) is 17.2. The number of benzene rings is 1. The van der Waals surface area contributed by atoms with Crippen LogP contribution >= 0.6 is 0 Å². The Balaban J connectivity index is 1.99. The Morgan fingerprint density at radius 1 is 1.17 bits per heavy atom. The van der Waals surface area contributed by atoms with Crippen LogP contribution in [-0.4, -0.2) is 54.0 Å². The van der Waals surface area contributed by atoms with Crippen molar-refractivity contribution in [3.05, 3.63) is 34.4 Å². The normalized spacial score (nSPS) is 17.1. The number of nitrogens with one attached hydrogen (secondary N) is 1. The zero-order valence-corrected chi connectivity index (χ0v) is 13.9. The third-order valence-corrected chi connectivity index (χ3v) is 4.09. The molecule has 1 atom stereocenters. The second kappa shape index (κ2) is 7.41. The van der Waals surface area contributed by atoms with Gasteiger partial charge in [-0.2, -0.15) is 0 Å². The van der Waals surface area contributed by atoms with Crippen molar-refractivity contribution in [2.45, 2.75) is 32.9 Å². The van der Waals surface area contributed by atoms with E-state index in [1.807, 2.05) is 31.7 Å². The molecule has 1 unspecified atom stereocenters. The Labute approximate surface area is 136 Å². The molecule has 0 radical (unpaired) electrons.